The zero-order chi connectivity index (χ0) is 8.39. The summed E-state index contributed by atoms with van der Waals surface area (Å²) in [6.45, 7) is 4.69. The second kappa shape index (κ2) is 3.31. The van der Waals surface area contributed by atoms with Crippen LogP contribution in [0.25, 0.3) is 0 Å². The Morgan fingerprint density at radius 2 is 2.58 bits per heavy atom. The van der Waals surface area contributed by atoms with Gasteiger partial charge in [0.05, 0.1) is 18.8 Å². The van der Waals surface area contributed by atoms with Crippen LogP contribution in [0.2, 0.25) is 0 Å². The highest BCUT2D eigenvalue weighted by Crippen LogP contribution is 2.16. The number of nitrogens with zero attached hydrogens (tertiary/aromatic N) is 1. The number of quaternary nitrogens is 1. The van der Waals surface area contributed by atoms with E-state index < -0.39 is 0 Å². The molecular formula is C10H17N2+. The highest BCUT2D eigenvalue weighted by Gasteiger charge is 2.20. The van der Waals surface area contributed by atoms with Crippen LogP contribution in [-0.4, -0.2) is 11.1 Å². The fourth-order valence-electron chi connectivity index (χ4n) is 2.08. The molecule has 0 saturated carbocycles. The minimum absolute atomic E-state index is 0.721. The standard InChI is InChI=1S/C10H16N2/c1-2-4-9-10-5-3-7-12(10)8-6-11-9/h3,5,7,9,11H,2,4,6,8H2,1H3/p+1/t9-/m0/s1. The van der Waals surface area contributed by atoms with Crippen LogP contribution < -0.4 is 5.32 Å². The molecule has 1 aliphatic rings. The monoisotopic (exact) mass is 165 g/mol. The fraction of sp³-hybridized carbons (Fsp3) is 0.600. The molecule has 0 aromatic carbocycles. The first kappa shape index (κ1) is 7.87. The Balaban J connectivity index is 2.19. The van der Waals surface area contributed by atoms with E-state index in [9.17, 15) is 0 Å². The van der Waals surface area contributed by atoms with Crippen molar-refractivity contribution in [3.63, 3.8) is 0 Å². The van der Waals surface area contributed by atoms with Gasteiger partial charge in [-0.2, -0.15) is 0 Å². The molecule has 1 aliphatic heterocycles. The van der Waals surface area contributed by atoms with Crippen LogP contribution in [0.4, 0.5) is 0 Å². The first-order valence-electron chi connectivity index (χ1n) is 4.90. The molecule has 0 unspecified atom stereocenters. The van der Waals surface area contributed by atoms with Gasteiger partial charge in [-0.05, 0) is 12.1 Å². The minimum Gasteiger partial charge on any atom is -0.341 e. The first-order valence-corrected chi connectivity index (χ1v) is 4.90. The third-order valence-corrected chi connectivity index (χ3v) is 2.67. The van der Waals surface area contributed by atoms with Crippen LogP contribution in [0.1, 0.15) is 31.5 Å². The predicted molar refractivity (Wildman–Crippen MR) is 48.9 cm³/mol. The Morgan fingerprint density at radius 1 is 1.67 bits per heavy atom. The van der Waals surface area contributed by atoms with E-state index >= 15 is 0 Å². The number of rotatable bonds is 2. The largest absolute Gasteiger partial charge is 0.341 e. The van der Waals surface area contributed by atoms with Gasteiger partial charge in [-0.15, -0.1) is 0 Å². The fourth-order valence-corrected chi connectivity index (χ4v) is 2.08. The Labute approximate surface area is 73.6 Å². The lowest BCUT2D eigenvalue weighted by Gasteiger charge is -2.22. The number of aromatic nitrogens is 1. The first-order chi connectivity index (χ1) is 5.92. The van der Waals surface area contributed by atoms with E-state index in [0.717, 1.165) is 6.04 Å². The van der Waals surface area contributed by atoms with Crippen LogP contribution in [0.5, 0.6) is 0 Å². The van der Waals surface area contributed by atoms with Crippen LogP contribution in [0.15, 0.2) is 18.3 Å². The summed E-state index contributed by atoms with van der Waals surface area (Å²) < 4.78 is 2.39. The van der Waals surface area contributed by atoms with Crippen molar-refractivity contribution in [2.75, 3.05) is 6.54 Å². The number of fused-ring (bicyclic) bond motifs is 1. The Hall–Kier alpha value is -0.760. The van der Waals surface area contributed by atoms with Gasteiger partial charge in [0.25, 0.3) is 0 Å². The summed E-state index contributed by atoms with van der Waals surface area (Å²) in [5.74, 6) is 0. The normalized spacial score (nSPS) is 22.2. The SMILES string of the molecule is CCC[C@@H]1[NH2+]CCn2cccc21. The quantitative estimate of drug-likeness (QED) is 0.672. The van der Waals surface area contributed by atoms with Crippen molar-refractivity contribution in [1.82, 2.24) is 4.57 Å². The van der Waals surface area contributed by atoms with Crippen molar-refractivity contribution in [3.8, 4) is 0 Å². The molecule has 66 valence electrons. The summed E-state index contributed by atoms with van der Waals surface area (Å²) in [4.78, 5) is 0. The topological polar surface area (TPSA) is 21.5 Å². The molecule has 12 heavy (non-hydrogen) atoms. The van der Waals surface area contributed by atoms with Gasteiger partial charge in [0.1, 0.15) is 6.04 Å². The minimum atomic E-state index is 0.721. The van der Waals surface area contributed by atoms with Crippen molar-refractivity contribution < 1.29 is 5.32 Å². The summed E-state index contributed by atoms with van der Waals surface area (Å²) in [6, 6.07) is 5.14. The van der Waals surface area contributed by atoms with Crippen molar-refractivity contribution in [3.05, 3.63) is 24.0 Å². The Bertz CT molecular complexity index is 252. The van der Waals surface area contributed by atoms with E-state index in [0.29, 0.717) is 0 Å². The van der Waals surface area contributed by atoms with Crippen molar-refractivity contribution in [1.29, 1.82) is 0 Å². The van der Waals surface area contributed by atoms with Gasteiger partial charge in [-0.25, -0.2) is 0 Å². The summed E-state index contributed by atoms with van der Waals surface area (Å²) >= 11 is 0. The van der Waals surface area contributed by atoms with E-state index in [1.54, 1.807) is 0 Å². The molecule has 2 nitrogen and oxygen atoms in total. The van der Waals surface area contributed by atoms with Crippen molar-refractivity contribution in [2.45, 2.75) is 32.4 Å². The molecule has 1 aromatic heterocycles. The lowest BCUT2D eigenvalue weighted by atomic mass is 10.1. The average Bonchev–Trinajstić information content (AvgIpc) is 2.53. The second-order valence-corrected chi connectivity index (χ2v) is 3.55. The molecule has 0 radical (unpaired) electrons. The van der Waals surface area contributed by atoms with Gasteiger partial charge in [0.2, 0.25) is 0 Å². The van der Waals surface area contributed by atoms with E-state index in [1.807, 2.05) is 0 Å². The average molecular weight is 165 g/mol. The Morgan fingerprint density at radius 3 is 3.42 bits per heavy atom. The van der Waals surface area contributed by atoms with Crippen LogP contribution in [0.3, 0.4) is 0 Å². The zero-order valence-electron chi connectivity index (χ0n) is 7.66. The van der Waals surface area contributed by atoms with Gasteiger partial charge in [0, 0.05) is 12.6 Å². The molecule has 0 bridgehead atoms. The number of hydrogen-bond acceptors (Lipinski definition) is 0. The van der Waals surface area contributed by atoms with E-state index in [-0.39, 0.29) is 0 Å². The summed E-state index contributed by atoms with van der Waals surface area (Å²) in [5, 5.41) is 2.47. The molecule has 2 rings (SSSR count). The molecule has 0 spiro atoms. The predicted octanol–water partition coefficient (Wildman–Crippen LogP) is 0.906. The van der Waals surface area contributed by atoms with E-state index in [1.165, 1.54) is 31.6 Å². The molecule has 2 heterocycles. The maximum Gasteiger partial charge on any atom is 0.127 e. The summed E-state index contributed by atoms with van der Waals surface area (Å²) in [7, 11) is 0. The van der Waals surface area contributed by atoms with Gasteiger partial charge in [-0.1, -0.05) is 13.3 Å². The van der Waals surface area contributed by atoms with Gasteiger partial charge in [0.15, 0.2) is 0 Å². The van der Waals surface area contributed by atoms with Gasteiger partial charge < -0.3 is 9.88 Å². The molecule has 1 atom stereocenters. The maximum atomic E-state index is 2.47. The lowest BCUT2D eigenvalue weighted by Crippen LogP contribution is -2.87. The summed E-state index contributed by atoms with van der Waals surface area (Å²) in [5.41, 5.74) is 1.52. The third kappa shape index (κ3) is 1.27. The van der Waals surface area contributed by atoms with Crippen molar-refractivity contribution in [2.24, 2.45) is 0 Å². The molecule has 0 saturated heterocycles. The molecule has 0 aliphatic carbocycles. The molecular weight excluding hydrogens is 148 g/mol. The Kier molecular flexibility index (Phi) is 2.17. The van der Waals surface area contributed by atoms with Crippen LogP contribution >= 0.6 is 0 Å². The third-order valence-electron chi connectivity index (χ3n) is 2.67. The highest BCUT2D eigenvalue weighted by atomic mass is 15.1. The molecule has 2 N–H and O–H groups in total. The van der Waals surface area contributed by atoms with Crippen molar-refractivity contribution >= 4 is 0 Å². The molecule has 1 aromatic rings. The molecule has 2 heteroatoms. The van der Waals surface area contributed by atoms with Gasteiger partial charge in [-0.3, -0.25) is 0 Å². The maximum absolute atomic E-state index is 2.47. The summed E-state index contributed by atoms with van der Waals surface area (Å²) in [6.07, 6.45) is 4.79. The molecule has 0 fully saturated rings. The smallest absolute Gasteiger partial charge is 0.127 e. The van der Waals surface area contributed by atoms with Crippen LogP contribution in [-0.2, 0) is 6.54 Å². The molecule has 0 amide bonds. The van der Waals surface area contributed by atoms with Gasteiger partial charge >= 0.3 is 0 Å². The zero-order valence-corrected chi connectivity index (χ0v) is 7.66. The van der Waals surface area contributed by atoms with E-state index in [4.69, 9.17) is 0 Å². The van der Waals surface area contributed by atoms with Crippen LogP contribution in [0, 0.1) is 0 Å². The number of hydrogen-bond donors (Lipinski definition) is 1. The number of nitrogens with two attached hydrogens (primary N) is 1. The lowest BCUT2D eigenvalue weighted by molar-refractivity contribution is -0.703. The second-order valence-electron chi connectivity index (χ2n) is 3.55. The highest BCUT2D eigenvalue weighted by molar-refractivity contribution is 5.10. The van der Waals surface area contributed by atoms with E-state index in [2.05, 4.69) is 35.1 Å².